The summed E-state index contributed by atoms with van der Waals surface area (Å²) >= 11 is 0. The molecule has 3 N–H and O–H groups in total. The predicted molar refractivity (Wildman–Crippen MR) is 157 cm³/mol. The summed E-state index contributed by atoms with van der Waals surface area (Å²) in [4.78, 5) is 19.9. The second-order valence-electron chi connectivity index (χ2n) is 10.6. The Kier molecular flexibility index (Phi) is 9.23. The largest absolute Gasteiger partial charge is 0.383 e. The molecular formula is C31H43N5O2. The lowest BCUT2D eigenvalue weighted by atomic mass is 9.78. The van der Waals surface area contributed by atoms with Gasteiger partial charge in [0.05, 0.1) is 35.2 Å². The van der Waals surface area contributed by atoms with Gasteiger partial charge in [0.15, 0.2) is 0 Å². The molecule has 0 radical (unpaired) electrons. The van der Waals surface area contributed by atoms with E-state index in [0.29, 0.717) is 12.2 Å². The Bertz CT molecular complexity index is 1290. The third-order valence-corrected chi connectivity index (χ3v) is 7.82. The molecule has 7 nitrogen and oxygen atoms in total. The van der Waals surface area contributed by atoms with Crippen molar-refractivity contribution in [2.45, 2.75) is 64.3 Å². The maximum absolute atomic E-state index is 13.0. The predicted octanol–water partition coefficient (Wildman–Crippen LogP) is 6.11. The normalized spacial score (nSPS) is 15.6. The van der Waals surface area contributed by atoms with Crippen LogP contribution in [-0.4, -0.2) is 54.7 Å². The first-order valence-corrected chi connectivity index (χ1v) is 13.9. The molecule has 0 saturated carbocycles. The molecule has 7 heteroatoms. The van der Waals surface area contributed by atoms with Crippen molar-refractivity contribution in [3.63, 3.8) is 0 Å². The lowest BCUT2D eigenvalue weighted by Gasteiger charge is -2.30. The number of anilines is 1. The zero-order valence-electron chi connectivity index (χ0n) is 23.6. The van der Waals surface area contributed by atoms with Crippen LogP contribution in [-0.2, 0) is 11.3 Å². The minimum atomic E-state index is -0.362. The number of imidazole rings is 1. The first kappa shape index (κ1) is 27.9. The molecule has 38 heavy (non-hydrogen) atoms. The zero-order valence-corrected chi connectivity index (χ0v) is 23.6. The Morgan fingerprint density at radius 3 is 2.74 bits per heavy atom. The van der Waals surface area contributed by atoms with Crippen molar-refractivity contribution in [2.24, 2.45) is 5.73 Å². The number of rotatable bonds is 13. The number of carbonyl (C=O) groups excluding carboxylic acids is 1. The van der Waals surface area contributed by atoms with Crippen LogP contribution in [0.2, 0.25) is 0 Å². The molecule has 0 fully saturated rings. The van der Waals surface area contributed by atoms with Crippen LogP contribution < -0.4 is 11.1 Å². The number of fused-ring (bicyclic) bond motifs is 2. The van der Waals surface area contributed by atoms with Crippen LogP contribution in [0.15, 0.2) is 42.9 Å². The van der Waals surface area contributed by atoms with Gasteiger partial charge in [0.1, 0.15) is 0 Å². The molecule has 0 saturated heterocycles. The van der Waals surface area contributed by atoms with Crippen molar-refractivity contribution in [3.05, 3.63) is 59.6 Å². The number of aromatic nitrogens is 2. The van der Waals surface area contributed by atoms with Crippen molar-refractivity contribution in [1.82, 2.24) is 14.5 Å². The summed E-state index contributed by atoms with van der Waals surface area (Å²) in [6.07, 6.45) is 11.2. The standard InChI is InChI=1S/C31H43N5O2/c1-6-21(10-8-9-15-35(3)4)24-19-25(28-22(7-2)13-14-33-30(28)29(24)31(32)37)23-11-12-27-26(18-23)34-20-36(27)16-17-38-5/h11-14,18-22,33H,6-10,15-17H2,1-5H3,(H2,32,37). The molecule has 1 aliphatic rings. The monoisotopic (exact) mass is 517 g/mol. The van der Waals surface area contributed by atoms with Gasteiger partial charge >= 0.3 is 0 Å². The molecule has 0 bridgehead atoms. The molecule has 2 aromatic carbocycles. The number of amides is 1. The number of nitrogens with two attached hydrogens (primary N) is 1. The van der Waals surface area contributed by atoms with Crippen LogP contribution in [0.3, 0.4) is 0 Å². The number of nitrogens with one attached hydrogen (secondary N) is 1. The van der Waals surface area contributed by atoms with Gasteiger partial charge in [-0.15, -0.1) is 0 Å². The molecule has 0 aliphatic carbocycles. The van der Waals surface area contributed by atoms with Crippen molar-refractivity contribution >= 4 is 22.6 Å². The maximum Gasteiger partial charge on any atom is 0.251 e. The Morgan fingerprint density at radius 1 is 1.24 bits per heavy atom. The van der Waals surface area contributed by atoms with Gasteiger partial charge < -0.3 is 25.3 Å². The number of allylic oxidation sites excluding steroid dienone is 1. The van der Waals surface area contributed by atoms with Gasteiger partial charge in [-0.05, 0) is 98.9 Å². The Balaban J connectivity index is 1.85. The van der Waals surface area contributed by atoms with Crippen LogP contribution in [0, 0.1) is 0 Å². The van der Waals surface area contributed by atoms with Crippen molar-refractivity contribution in [3.8, 4) is 11.1 Å². The third kappa shape index (κ3) is 5.79. The fourth-order valence-electron chi connectivity index (χ4n) is 5.76. The number of nitrogens with zero attached hydrogens (tertiary/aromatic N) is 3. The van der Waals surface area contributed by atoms with Gasteiger partial charge in [0, 0.05) is 19.6 Å². The molecule has 2 unspecified atom stereocenters. The number of unbranched alkanes of at least 4 members (excludes halogenated alkanes) is 1. The molecular weight excluding hydrogens is 474 g/mol. The average Bonchev–Trinajstić information content (AvgIpc) is 3.32. The first-order valence-electron chi connectivity index (χ1n) is 13.9. The van der Waals surface area contributed by atoms with Crippen molar-refractivity contribution in [2.75, 3.05) is 39.7 Å². The Labute approximate surface area is 227 Å². The number of carbonyl (C=O) groups is 1. The highest BCUT2D eigenvalue weighted by molar-refractivity contribution is 6.03. The van der Waals surface area contributed by atoms with Gasteiger partial charge in [-0.25, -0.2) is 4.98 Å². The molecule has 0 spiro atoms. The number of primary amides is 1. The summed E-state index contributed by atoms with van der Waals surface area (Å²) in [7, 11) is 5.93. The van der Waals surface area contributed by atoms with Crippen LogP contribution in [0.4, 0.5) is 5.69 Å². The molecule has 1 amide bonds. The van der Waals surface area contributed by atoms with E-state index in [2.05, 4.69) is 73.1 Å². The Hall–Kier alpha value is -3.16. The molecule has 1 aliphatic heterocycles. The third-order valence-electron chi connectivity index (χ3n) is 7.82. The number of ether oxygens (including phenoxy) is 1. The van der Waals surface area contributed by atoms with Crippen molar-refractivity contribution in [1.29, 1.82) is 0 Å². The van der Waals surface area contributed by atoms with Crippen LogP contribution >= 0.6 is 0 Å². The molecule has 204 valence electrons. The molecule has 1 aromatic heterocycles. The second-order valence-corrected chi connectivity index (χ2v) is 10.6. The molecule has 2 atom stereocenters. The minimum Gasteiger partial charge on any atom is -0.383 e. The van der Waals surface area contributed by atoms with E-state index in [1.807, 2.05) is 12.5 Å². The average molecular weight is 518 g/mol. The summed E-state index contributed by atoms with van der Waals surface area (Å²) in [5.41, 5.74) is 14.1. The second kappa shape index (κ2) is 12.6. The summed E-state index contributed by atoms with van der Waals surface area (Å²) in [6.45, 7) is 6.86. The van der Waals surface area contributed by atoms with E-state index >= 15 is 0 Å². The lowest BCUT2D eigenvalue weighted by molar-refractivity contribution is 0.0999. The van der Waals surface area contributed by atoms with Gasteiger partial charge in [-0.1, -0.05) is 32.4 Å². The molecule has 3 aromatic rings. The van der Waals surface area contributed by atoms with Crippen LogP contribution in [0.1, 0.15) is 79.3 Å². The maximum atomic E-state index is 13.0. The number of methoxy groups -OCH3 is 1. The van der Waals surface area contributed by atoms with Crippen LogP contribution in [0.25, 0.3) is 22.2 Å². The number of hydrogen-bond acceptors (Lipinski definition) is 5. The summed E-state index contributed by atoms with van der Waals surface area (Å²) in [6, 6.07) is 8.75. The van der Waals surface area contributed by atoms with E-state index in [-0.39, 0.29) is 17.7 Å². The number of hydrogen-bond donors (Lipinski definition) is 2. The van der Waals surface area contributed by atoms with Gasteiger partial charge in [0.25, 0.3) is 5.91 Å². The minimum absolute atomic E-state index is 0.198. The summed E-state index contributed by atoms with van der Waals surface area (Å²) < 4.78 is 7.39. The SMILES string of the molecule is CCC1C=CNc2c(C(N)=O)c(C(CC)CCCCN(C)C)cc(-c3ccc4c(c3)ncn4CCOC)c21. The highest BCUT2D eigenvalue weighted by Crippen LogP contribution is 2.46. The van der Waals surface area contributed by atoms with Gasteiger partial charge in [-0.3, -0.25) is 4.79 Å². The Morgan fingerprint density at radius 2 is 2.05 bits per heavy atom. The number of benzene rings is 2. The van der Waals surface area contributed by atoms with E-state index in [1.54, 1.807) is 7.11 Å². The fourth-order valence-corrected chi connectivity index (χ4v) is 5.76. The van der Waals surface area contributed by atoms with E-state index < -0.39 is 0 Å². The smallest absolute Gasteiger partial charge is 0.251 e. The van der Waals surface area contributed by atoms with E-state index in [4.69, 9.17) is 15.5 Å². The molecule has 2 heterocycles. The topological polar surface area (TPSA) is 85.4 Å². The highest BCUT2D eigenvalue weighted by Gasteiger charge is 2.29. The van der Waals surface area contributed by atoms with Gasteiger partial charge in [0.2, 0.25) is 0 Å². The summed E-state index contributed by atoms with van der Waals surface area (Å²) in [5.74, 6) is 0.0940. The lowest BCUT2D eigenvalue weighted by Crippen LogP contribution is -2.21. The van der Waals surface area contributed by atoms with E-state index in [9.17, 15) is 4.79 Å². The summed E-state index contributed by atoms with van der Waals surface area (Å²) in [5, 5.41) is 3.43. The quantitative estimate of drug-likeness (QED) is 0.267. The first-order chi connectivity index (χ1) is 18.4. The highest BCUT2D eigenvalue weighted by atomic mass is 16.5. The molecule has 4 rings (SSSR count). The van der Waals surface area contributed by atoms with E-state index in [0.717, 1.165) is 84.2 Å². The van der Waals surface area contributed by atoms with E-state index in [1.165, 1.54) is 0 Å². The van der Waals surface area contributed by atoms with Crippen LogP contribution in [0.5, 0.6) is 0 Å². The zero-order chi connectivity index (χ0) is 27.2. The fraction of sp³-hybridized carbons (Fsp3) is 0.484. The van der Waals surface area contributed by atoms with Crippen molar-refractivity contribution < 1.29 is 9.53 Å². The van der Waals surface area contributed by atoms with Gasteiger partial charge in [-0.2, -0.15) is 0 Å².